The van der Waals surface area contributed by atoms with E-state index in [9.17, 15) is 0 Å². The molecule has 0 amide bonds. The van der Waals surface area contributed by atoms with Gasteiger partial charge in [0.2, 0.25) is 0 Å². The first kappa shape index (κ1) is 12.5. The number of thiocarbonyl (C=S) groups is 1. The van der Waals surface area contributed by atoms with Crippen LogP contribution in [0.2, 0.25) is 0 Å². The van der Waals surface area contributed by atoms with Crippen molar-refractivity contribution in [3.05, 3.63) is 52.0 Å². The first-order valence-electron chi connectivity index (χ1n) is 5.55. The number of rotatable bonds is 2. The first-order chi connectivity index (χ1) is 9.16. The molecule has 0 saturated carbocycles. The Morgan fingerprint density at radius 1 is 1.26 bits per heavy atom. The van der Waals surface area contributed by atoms with Crippen molar-refractivity contribution < 1.29 is 0 Å². The molecule has 0 aliphatic carbocycles. The fraction of sp³-hybridized carbons (Fsp3) is 0. The molecule has 19 heavy (non-hydrogen) atoms. The van der Waals surface area contributed by atoms with E-state index in [4.69, 9.17) is 18.0 Å². The quantitative estimate of drug-likeness (QED) is 0.549. The van der Waals surface area contributed by atoms with Gasteiger partial charge in [0.1, 0.15) is 4.99 Å². The van der Waals surface area contributed by atoms with Crippen LogP contribution in [-0.2, 0) is 0 Å². The molecule has 3 aromatic rings. The van der Waals surface area contributed by atoms with Crippen LogP contribution in [0.3, 0.4) is 0 Å². The predicted molar refractivity (Wildman–Crippen MR) is 87.5 cm³/mol. The van der Waals surface area contributed by atoms with Gasteiger partial charge in [-0.05, 0) is 28.7 Å². The summed E-state index contributed by atoms with van der Waals surface area (Å²) in [6, 6.07) is 7.86. The SMILES string of the molecule is NC(=S)c1cnc2ccccc2c1-n1cc(I)cn1. The van der Waals surface area contributed by atoms with E-state index in [2.05, 4.69) is 32.7 Å². The summed E-state index contributed by atoms with van der Waals surface area (Å²) in [7, 11) is 0. The number of pyridine rings is 1. The smallest absolute Gasteiger partial charge is 0.107 e. The Balaban J connectivity index is 2.41. The Morgan fingerprint density at radius 3 is 2.74 bits per heavy atom. The molecular formula is C13H9IN4S. The second kappa shape index (κ2) is 4.86. The van der Waals surface area contributed by atoms with Crippen molar-refractivity contribution in [3.63, 3.8) is 0 Å². The van der Waals surface area contributed by atoms with Gasteiger partial charge in [-0.15, -0.1) is 0 Å². The molecule has 2 aromatic heterocycles. The van der Waals surface area contributed by atoms with Gasteiger partial charge in [-0.25, -0.2) is 4.68 Å². The van der Waals surface area contributed by atoms with Crippen molar-refractivity contribution >= 4 is 50.7 Å². The van der Waals surface area contributed by atoms with Crippen molar-refractivity contribution in [2.45, 2.75) is 0 Å². The average Bonchev–Trinajstić information content (AvgIpc) is 2.83. The van der Waals surface area contributed by atoms with Gasteiger partial charge in [-0.1, -0.05) is 30.4 Å². The molecule has 0 unspecified atom stereocenters. The van der Waals surface area contributed by atoms with E-state index in [0.29, 0.717) is 4.99 Å². The normalized spacial score (nSPS) is 10.8. The highest BCUT2D eigenvalue weighted by Crippen LogP contribution is 2.24. The molecule has 0 spiro atoms. The van der Waals surface area contributed by atoms with Gasteiger partial charge in [0.25, 0.3) is 0 Å². The first-order valence-corrected chi connectivity index (χ1v) is 7.03. The number of para-hydroxylation sites is 1. The van der Waals surface area contributed by atoms with Gasteiger partial charge in [0.15, 0.2) is 0 Å². The molecular weight excluding hydrogens is 371 g/mol. The molecule has 0 atom stereocenters. The van der Waals surface area contributed by atoms with E-state index in [0.717, 1.165) is 25.7 Å². The lowest BCUT2D eigenvalue weighted by molar-refractivity contribution is 0.884. The number of nitrogens with zero attached hydrogens (tertiary/aromatic N) is 3. The number of hydrogen-bond donors (Lipinski definition) is 1. The van der Waals surface area contributed by atoms with E-state index in [1.54, 1.807) is 17.1 Å². The van der Waals surface area contributed by atoms with Gasteiger partial charge in [0, 0.05) is 17.8 Å². The highest BCUT2D eigenvalue weighted by molar-refractivity contribution is 14.1. The highest BCUT2D eigenvalue weighted by atomic mass is 127. The topological polar surface area (TPSA) is 56.7 Å². The summed E-state index contributed by atoms with van der Waals surface area (Å²) in [5.74, 6) is 0. The number of aromatic nitrogens is 3. The van der Waals surface area contributed by atoms with Gasteiger partial charge in [-0.2, -0.15) is 5.10 Å². The molecule has 0 fully saturated rings. The molecule has 2 heterocycles. The molecule has 0 radical (unpaired) electrons. The third kappa shape index (κ3) is 2.21. The van der Waals surface area contributed by atoms with Crippen molar-refractivity contribution in [3.8, 4) is 5.69 Å². The minimum absolute atomic E-state index is 0.318. The van der Waals surface area contributed by atoms with E-state index in [1.807, 2.05) is 30.5 Å². The number of halogens is 1. The van der Waals surface area contributed by atoms with Gasteiger partial charge < -0.3 is 5.73 Å². The Kier molecular flexibility index (Phi) is 3.19. The third-order valence-corrected chi connectivity index (χ3v) is 3.57. The minimum atomic E-state index is 0.318. The molecule has 94 valence electrons. The second-order valence-electron chi connectivity index (χ2n) is 4.01. The van der Waals surface area contributed by atoms with Crippen LogP contribution < -0.4 is 5.73 Å². The summed E-state index contributed by atoms with van der Waals surface area (Å²) in [5, 5.41) is 5.32. The molecule has 0 aliphatic rings. The van der Waals surface area contributed by atoms with Crippen LogP contribution >= 0.6 is 34.8 Å². The van der Waals surface area contributed by atoms with Crippen LogP contribution in [0.5, 0.6) is 0 Å². The maximum absolute atomic E-state index is 5.80. The fourth-order valence-corrected chi connectivity index (χ4v) is 2.51. The van der Waals surface area contributed by atoms with Crippen LogP contribution in [0.4, 0.5) is 0 Å². The Bertz CT molecular complexity index is 781. The maximum atomic E-state index is 5.80. The predicted octanol–water partition coefficient (Wildman–Crippen LogP) is 2.66. The zero-order chi connectivity index (χ0) is 13.4. The number of nitrogens with two attached hydrogens (primary N) is 1. The Labute approximate surface area is 128 Å². The summed E-state index contributed by atoms with van der Waals surface area (Å²) in [4.78, 5) is 4.70. The number of fused-ring (bicyclic) bond motifs is 1. The monoisotopic (exact) mass is 380 g/mol. The third-order valence-electron chi connectivity index (χ3n) is 2.79. The molecule has 2 N–H and O–H groups in total. The second-order valence-corrected chi connectivity index (χ2v) is 5.69. The minimum Gasteiger partial charge on any atom is -0.389 e. The number of hydrogen-bond acceptors (Lipinski definition) is 3. The lowest BCUT2D eigenvalue weighted by Gasteiger charge is -2.11. The van der Waals surface area contributed by atoms with E-state index < -0.39 is 0 Å². The molecule has 0 saturated heterocycles. The van der Waals surface area contributed by atoms with E-state index in [-0.39, 0.29) is 0 Å². The molecule has 0 aliphatic heterocycles. The zero-order valence-electron chi connectivity index (χ0n) is 9.75. The standard InChI is InChI=1S/C13H9IN4S/c14-8-5-17-18(7-8)12-9-3-1-2-4-11(9)16-6-10(12)13(15)19/h1-7H,(H2,15,19). The number of benzene rings is 1. The van der Waals surface area contributed by atoms with Gasteiger partial charge in [0.05, 0.1) is 26.5 Å². The summed E-state index contributed by atoms with van der Waals surface area (Å²) in [5.41, 5.74) is 8.30. The molecule has 6 heteroatoms. The lowest BCUT2D eigenvalue weighted by atomic mass is 10.1. The highest BCUT2D eigenvalue weighted by Gasteiger charge is 2.13. The molecule has 0 bridgehead atoms. The van der Waals surface area contributed by atoms with Crippen LogP contribution in [0.15, 0.2) is 42.9 Å². The van der Waals surface area contributed by atoms with Gasteiger partial charge >= 0.3 is 0 Å². The van der Waals surface area contributed by atoms with E-state index >= 15 is 0 Å². The van der Waals surface area contributed by atoms with E-state index in [1.165, 1.54) is 0 Å². The summed E-state index contributed by atoms with van der Waals surface area (Å²) in [6.45, 7) is 0. The Hall–Kier alpha value is -1.54. The molecule has 1 aromatic carbocycles. The molecule has 3 rings (SSSR count). The summed E-state index contributed by atoms with van der Waals surface area (Å²) in [6.07, 6.45) is 5.43. The fourth-order valence-electron chi connectivity index (χ4n) is 1.98. The molecule has 4 nitrogen and oxygen atoms in total. The largest absolute Gasteiger partial charge is 0.389 e. The van der Waals surface area contributed by atoms with Crippen LogP contribution in [0, 0.1) is 3.57 Å². The van der Waals surface area contributed by atoms with Crippen LogP contribution in [0.25, 0.3) is 16.6 Å². The maximum Gasteiger partial charge on any atom is 0.107 e. The summed E-state index contributed by atoms with van der Waals surface area (Å²) < 4.78 is 2.84. The Morgan fingerprint density at radius 2 is 2.05 bits per heavy atom. The van der Waals surface area contributed by atoms with Crippen molar-refractivity contribution in [1.82, 2.24) is 14.8 Å². The average molecular weight is 380 g/mol. The van der Waals surface area contributed by atoms with Crippen molar-refractivity contribution in [2.24, 2.45) is 5.73 Å². The van der Waals surface area contributed by atoms with Crippen molar-refractivity contribution in [1.29, 1.82) is 0 Å². The summed E-state index contributed by atoms with van der Waals surface area (Å²) >= 11 is 7.33. The van der Waals surface area contributed by atoms with Crippen molar-refractivity contribution in [2.75, 3.05) is 0 Å². The van der Waals surface area contributed by atoms with Gasteiger partial charge in [-0.3, -0.25) is 4.98 Å². The zero-order valence-corrected chi connectivity index (χ0v) is 12.7. The lowest BCUT2D eigenvalue weighted by Crippen LogP contribution is -2.14. The van der Waals surface area contributed by atoms with Crippen LogP contribution in [-0.4, -0.2) is 19.8 Å². The van der Waals surface area contributed by atoms with Crippen LogP contribution in [0.1, 0.15) is 5.56 Å².